The first-order valence-corrected chi connectivity index (χ1v) is 6.37. The van der Waals surface area contributed by atoms with Gasteiger partial charge in [-0.2, -0.15) is 0 Å². The van der Waals surface area contributed by atoms with Gasteiger partial charge >= 0.3 is 5.97 Å². The maximum absolute atomic E-state index is 11.7. The lowest BCUT2D eigenvalue weighted by molar-refractivity contribution is -0.385. The molecule has 0 atom stereocenters. The van der Waals surface area contributed by atoms with Crippen LogP contribution in [-0.4, -0.2) is 18.0 Å². The third-order valence-electron chi connectivity index (χ3n) is 2.81. The topological polar surface area (TPSA) is 78.7 Å². The summed E-state index contributed by atoms with van der Waals surface area (Å²) in [4.78, 5) is 22.1. The Morgan fingerprint density at radius 3 is 2.36 bits per heavy atom. The molecule has 0 spiro atoms. The Morgan fingerprint density at radius 1 is 1.09 bits per heavy atom. The Morgan fingerprint density at radius 2 is 1.73 bits per heavy atom. The molecule has 6 nitrogen and oxygen atoms in total. The number of ether oxygens (including phenoxy) is 2. The Balaban J connectivity index is 2.06. The lowest BCUT2D eigenvalue weighted by Gasteiger charge is -2.03. The minimum Gasteiger partial charge on any atom is -0.497 e. The molecule has 0 unspecified atom stereocenters. The fourth-order valence-electron chi connectivity index (χ4n) is 1.75. The van der Waals surface area contributed by atoms with Gasteiger partial charge in [0.15, 0.2) is 0 Å². The summed E-state index contributed by atoms with van der Waals surface area (Å²) in [5, 5.41) is 10.9. The summed E-state index contributed by atoms with van der Waals surface area (Å²) in [5.41, 5.74) is 0.259. The van der Waals surface area contributed by atoms with Crippen molar-refractivity contribution in [1.29, 1.82) is 0 Å². The predicted octanol–water partition coefficient (Wildman–Crippen LogP) is 3.22. The van der Waals surface area contributed by atoms with E-state index in [4.69, 9.17) is 9.47 Å². The highest BCUT2D eigenvalue weighted by Gasteiger charge is 2.10. The van der Waals surface area contributed by atoms with Crippen LogP contribution in [0.4, 0.5) is 5.69 Å². The van der Waals surface area contributed by atoms with Crippen molar-refractivity contribution in [2.45, 2.75) is 0 Å². The van der Waals surface area contributed by atoms with E-state index >= 15 is 0 Å². The zero-order chi connectivity index (χ0) is 15.9. The molecule has 0 heterocycles. The standard InChI is InChI=1S/C16H13NO5/c1-21-13-7-9-14(10-8-13)22-16(18)11-6-12-4-2-3-5-15(12)17(19)20/h2-11H,1H3/b11-6+. The van der Waals surface area contributed by atoms with E-state index in [9.17, 15) is 14.9 Å². The Kier molecular flexibility index (Phi) is 4.87. The number of benzene rings is 2. The quantitative estimate of drug-likeness (QED) is 0.278. The van der Waals surface area contributed by atoms with E-state index in [1.807, 2.05) is 0 Å². The van der Waals surface area contributed by atoms with Crippen LogP contribution in [0, 0.1) is 10.1 Å². The molecule has 0 amide bonds. The van der Waals surface area contributed by atoms with Crippen molar-refractivity contribution in [3.63, 3.8) is 0 Å². The van der Waals surface area contributed by atoms with Crippen LogP contribution in [0.25, 0.3) is 6.08 Å². The van der Waals surface area contributed by atoms with Gasteiger partial charge in [0.05, 0.1) is 17.6 Å². The van der Waals surface area contributed by atoms with E-state index in [1.165, 1.54) is 19.3 Å². The highest BCUT2D eigenvalue weighted by molar-refractivity contribution is 5.89. The van der Waals surface area contributed by atoms with Gasteiger partial charge in [0.25, 0.3) is 5.69 Å². The van der Waals surface area contributed by atoms with Gasteiger partial charge in [-0.3, -0.25) is 10.1 Å². The predicted molar refractivity (Wildman–Crippen MR) is 80.8 cm³/mol. The second-order valence-corrected chi connectivity index (χ2v) is 4.25. The molecule has 0 aliphatic heterocycles. The highest BCUT2D eigenvalue weighted by Crippen LogP contribution is 2.20. The number of carbonyl (C=O) groups is 1. The Hall–Kier alpha value is -3.15. The van der Waals surface area contributed by atoms with Crippen LogP contribution in [0.2, 0.25) is 0 Å². The van der Waals surface area contributed by atoms with Gasteiger partial charge in [-0.25, -0.2) is 4.79 Å². The molecule has 0 radical (unpaired) electrons. The van der Waals surface area contributed by atoms with E-state index in [1.54, 1.807) is 42.5 Å². The monoisotopic (exact) mass is 299 g/mol. The first-order valence-electron chi connectivity index (χ1n) is 6.37. The first kappa shape index (κ1) is 15.2. The van der Waals surface area contributed by atoms with Gasteiger partial charge in [-0.05, 0) is 36.4 Å². The van der Waals surface area contributed by atoms with Crippen LogP contribution < -0.4 is 9.47 Å². The molecule has 22 heavy (non-hydrogen) atoms. The molecule has 2 rings (SSSR count). The number of rotatable bonds is 5. The van der Waals surface area contributed by atoms with Crippen LogP contribution in [-0.2, 0) is 4.79 Å². The van der Waals surface area contributed by atoms with Crippen molar-refractivity contribution >= 4 is 17.7 Å². The van der Waals surface area contributed by atoms with E-state index in [2.05, 4.69) is 0 Å². The molecule has 0 saturated heterocycles. The molecule has 2 aromatic rings. The summed E-state index contributed by atoms with van der Waals surface area (Å²) in [5.74, 6) is 0.386. The van der Waals surface area contributed by atoms with Crippen LogP contribution >= 0.6 is 0 Å². The molecule has 112 valence electrons. The maximum Gasteiger partial charge on any atom is 0.336 e. The molecule has 0 bridgehead atoms. The smallest absolute Gasteiger partial charge is 0.336 e. The third kappa shape index (κ3) is 3.92. The van der Waals surface area contributed by atoms with Crippen molar-refractivity contribution in [3.05, 3.63) is 70.3 Å². The fraction of sp³-hybridized carbons (Fsp3) is 0.0625. The summed E-state index contributed by atoms with van der Waals surface area (Å²) in [7, 11) is 1.54. The number of para-hydroxylation sites is 1. The molecule has 0 aliphatic rings. The number of hydrogen-bond acceptors (Lipinski definition) is 5. The summed E-state index contributed by atoms with van der Waals surface area (Å²) < 4.78 is 10.1. The fourth-order valence-corrected chi connectivity index (χ4v) is 1.75. The minimum absolute atomic E-state index is 0.0732. The van der Waals surface area contributed by atoms with E-state index in [0.717, 1.165) is 6.08 Å². The normalized spacial score (nSPS) is 10.4. The van der Waals surface area contributed by atoms with Gasteiger partial charge in [0.2, 0.25) is 0 Å². The zero-order valence-corrected chi connectivity index (χ0v) is 11.8. The van der Waals surface area contributed by atoms with Crippen molar-refractivity contribution in [3.8, 4) is 11.5 Å². The van der Waals surface area contributed by atoms with Crippen molar-refractivity contribution in [2.75, 3.05) is 7.11 Å². The molecule has 0 aromatic heterocycles. The van der Waals surface area contributed by atoms with Gasteiger partial charge in [-0.15, -0.1) is 0 Å². The molecule has 0 N–H and O–H groups in total. The molecule has 0 saturated carbocycles. The third-order valence-corrected chi connectivity index (χ3v) is 2.81. The SMILES string of the molecule is COc1ccc(OC(=O)/C=C/c2ccccc2[N+](=O)[O-])cc1. The Bertz CT molecular complexity index is 707. The number of esters is 1. The maximum atomic E-state index is 11.7. The summed E-state index contributed by atoms with van der Waals surface area (Å²) in [6.45, 7) is 0. The Labute approximate surface area is 126 Å². The molecule has 6 heteroatoms. The second kappa shape index (κ2) is 7.03. The van der Waals surface area contributed by atoms with Gasteiger partial charge in [0.1, 0.15) is 11.5 Å². The number of nitrogens with zero attached hydrogens (tertiary/aromatic N) is 1. The van der Waals surface area contributed by atoms with Crippen LogP contribution in [0.5, 0.6) is 11.5 Å². The molecular weight excluding hydrogens is 286 g/mol. The lowest BCUT2D eigenvalue weighted by atomic mass is 10.1. The van der Waals surface area contributed by atoms with E-state index < -0.39 is 10.9 Å². The highest BCUT2D eigenvalue weighted by atomic mass is 16.6. The van der Waals surface area contributed by atoms with Gasteiger partial charge < -0.3 is 9.47 Å². The average Bonchev–Trinajstić information content (AvgIpc) is 2.54. The zero-order valence-electron chi connectivity index (χ0n) is 11.8. The van der Waals surface area contributed by atoms with E-state index in [0.29, 0.717) is 17.1 Å². The van der Waals surface area contributed by atoms with Crippen LogP contribution in [0.1, 0.15) is 5.56 Å². The molecule has 2 aromatic carbocycles. The number of methoxy groups -OCH3 is 1. The number of nitro groups is 1. The number of hydrogen-bond donors (Lipinski definition) is 0. The van der Waals surface area contributed by atoms with Crippen LogP contribution in [0.3, 0.4) is 0 Å². The van der Waals surface area contributed by atoms with E-state index in [-0.39, 0.29) is 5.69 Å². The van der Waals surface area contributed by atoms with Gasteiger partial charge in [-0.1, -0.05) is 12.1 Å². The van der Waals surface area contributed by atoms with Crippen molar-refractivity contribution in [1.82, 2.24) is 0 Å². The summed E-state index contributed by atoms with van der Waals surface area (Å²) >= 11 is 0. The molecular formula is C16H13NO5. The molecule has 0 fully saturated rings. The number of nitro benzene ring substituents is 1. The largest absolute Gasteiger partial charge is 0.497 e. The molecule has 0 aliphatic carbocycles. The first-order chi connectivity index (χ1) is 10.6. The second-order valence-electron chi connectivity index (χ2n) is 4.25. The van der Waals surface area contributed by atoms with Crippen molar-refractivity contribution < 1.29 is 19.2 Å². The minimum atomic E-state index is -0.622. The number of carbonyl (C=O) groups excluding carboxylic acids is 1. The van der Waals surface area contributed by atoms with Crippen LogP contribution in [0.15, 0.2) is 54.6 Å². The summed E-state index contributed by atoms with van der Waals surface area (Å²) in [6, 6.07) is 12.6. The lowest BCUT2D eigenvalue weighted by Crippen LogP contribution is -2.03. The average molecular weight is 299 g/mol. The summed E-state index contributed by atoms with van der Waals surface area (Å²) in [6.07, 6.45) is 2.50. The van der Waals surface area contributed by atoms with Gasteiger partial charge in [0, 0.05) is 12.1 Å². The van der Waals surface area contributed by atoms with Crippen molar-refractivity contribution in [2.24, 2.45) is 0 Å².